The van der Waals surface area contributed by atoms with Gasteiger partial charge in [-0.2, -0.15) is 5.10 Å². The highest BCUT2D eigenvalue weighted by Crippen LogP contribution is 2.30. The van der Waals surface area contributed by atoms with E-state index < -0.39 is 0 Å². The second-order valence-electron chi connectivity index (χ2n) is 8.13. The highest BCUT2D eigenvalue weighted by Gasteiger charge is 2.21. The van der Waals surface area contributed by atoms with Crippen molar-refractivity contribution < 1.29 is 13.9 Å². The quantitative estimate of drug-likeness (QED) is 0.411. The number of carbonyl (C=O) groups excluding carboxylic acids is 1. The van der Waals surface area contributed by atoms with Crippen molar-refractivity contribution in [1.82, 2.24) is 20.0 Å². The van der Waals surface area contributed by atoms with Crippen LogP contribution in [0.1, 0.15) is 32.5 Å². The van der Waals surface area contributed by atoms with Crippen LogP contribution < -0.4 is 10.1 Å². The number of ether oxygens (including phenoxy) is 1. The largest absolute Gasteiger partial charge is 0.496 e. The van der Waals surface area contributed by atoms with Crippen molar-refractivity contribution in [2.75, 3.05) is 27.7 Å². The van der Waals surface area contributed by atoms with Crippen LogP contribution in [0.25, 0.3) is 10.2 Å². The number of nitrogens with zero attached hydrogens (tertiary/aromatic N) is 3. The van der Waals surface area contributed by atoms with Gasteiger partial charge in [0.2, 0.25) is 0 Å². The third kappa shape index (κ3) is 4.91. The molecule has 0 saturated carbocycles. The van der Waals surface area contributed by atoms with Gasteiger partial charge in [0.15, 0.2) is 0 Å². The molecular formula is C25H27FN4O2S. The van der Waals surface area contributed by atoms with Crippen molar-refractivity contribution in [3.63, 3.8) is 0 Å². The average Bonchev–Trinajstić information content (AvgIpc) is 3.36. The van der Waals surface area contributed by atoms with E-state index in [9.17, 15) is 9.18 Å². The minimum absolute atomic E-state index is 0.0322. The summed E-state index contributed by atoms with van der Waals surface area (Å²) in [5.74, 6) is 0.411. The Morgan fingerprint density at radius 1 is 1.21 bits per heavy atom. The van der Waals surface area contributed by atoms with Crippen LogP contribution in [0.4, 0.5) is 4.39 Å². The first kappa shape index (κ1) is 22.9. The van der Waals surface area contributed by atoms with Crippen LogP contribution in [0.2, 0.25) is 0 Å². The summed E-state index contributed by atoms with van der Waals surface area (Å²) in [5, 5.41) is 8.64. The van der Waals surface area contributed by atoms with Gasteiger partial charge in [-0.1, -0.05) is 30.3 Å². The highest BCUT2D eigenvalue weighted by molar-refractivity contribution is 7.20. The zero-order chi connectivity index (χ0) is 23.5. The van der Waals surface area contributed by atoms with Crippen LogP contribution in [-0.4, -0.2) is 48.3 Å². The van der Waals surface area contributed by atoms with Gasteiger partial charge in [0, 0.05) is 17.5 Å². The second-order valence-corrected chi connectivity index (χ2v) is 9.16. The summed E-state index contributed by atoms with van der Waals surface area (Å²) in [5.41, 5.74) is 2.83. The third-order valence-electron chi connectivity index (χ3n) is 5.65. The topological polar surface area (TPSA) is 59.4 Å². The van der Waals surface area contributed by atoms with E-state index in [-0.39, 0.29) is 17.8 Å². The summed E-state index contributed by atoms with van der Waals surface area (Å²) in [7, 11) is 5.62. The van der Waals surface area contributed by atoms with Gasteiger partial charge in [-0.3, -0.25) is 9.48 Å². The maximum atomic E-state index is 13.2. The Hall–Kier alpha value is -3.23. The van der Waals surface area contributed by atoms with E-state index in [4.69, 9.17) is 4.74 Å². The Bertz CT molecular complexity index is 1260. The van der Waals surface area contributed by atoms with Crippen molar-refractivity contribution in [2.24, 2.45) is 0 Å². The average molecular weight is 467 g/mol. The molecular weight excluding hydrogens is 439 g/mol. The summed E-state index contributed by atoms with van der Waals surface area (Å²) in [4.78, 5) is 16.6. The monoisotopic (exact) mass is 466 g/mol. The number of carbonyl (C=O) groups is 1. The minimum Gasteiger partial charge on any atom is -0.496 e. The van der Waals surface area contributed by atoms with Gasteiger partial charge < -0.3 is 15.0 Å². The molecule has 33 heavy (non-hydrogen) atoms. The predicted octanol–water partition coefficient (Wildman–Crippen LogP) is 4.63. The van der Waals surface area contributed by atoms with E-state index in [0.717, 1.165) is 32.8 Å². The van der Waals surface area contributed by atoms with Crippen LogP contribution in [0.5, 0.6) is 5.75 Å². The standard InChI is InChI=1S/C25H27FN4O2S/c1-16-20-13-23(33-25(20)30(28-16)15-17-9-11-18(26)12-10-17)24(31)27-14-21(29(2)3)19-7-5-6-8-22(19)32-4/h5-13,21H,14-15H2,1-4H3,(H,27,31). The maximum absolute atomic E-state index is 13.2. The van der Waals surface area contributed by atoms with Gasteiger partial charge in [-0.15, -0.1) is 11.3 Å². The van der Waals surface area contributed by atoms with Gasteiger partial charge in [0.25, 0.3) is 5.91 Å². The van der Waals surface area contributed by atoms with Gasteiger partial charge in [0.05, 0.1) is 30.3 Å². The molecule has 6 nitrogen and oxygen atoms in total. The Kier molecular flexibility index (Phi) is 6.76. The Morgan fingerprint density at radius 2 is 1.94 bits per heavy atom. The van der Waals surface area contributed by atoms with Crippen molar-refractivity contribution in [3.05, 3.63) is 82.1 Å². The molecule has 2 aromatic carbocycles. The summed E-state index contributed by atoms with van der Waals surface area (Å²) in [6.07, 6.45) is 0. The first-order valence-corrected chi connectivity index (χ1v) is 11.5. The van der Waals surface area contributed by atoms with E-state index in [0.29, 0.717) is 18.0 Å². The van der Waals surface area contributed by atoms with Crippen LogP contribution in [0, 0.1) is 12.7 Å². The number of likely N-dealkylation sites (N-methyl/N-ethyl adjacent to an activating group) is 1. The molecule has 0 saturated heterocycles. The number of aryl methyl sites for hydroxylation is 1. The van der Waals surface area contributed by atoms with E-state index in [1.54, 1.807) is 19.2 Å². The Balaban J connectivity index is 1.52. The molecule has 0 radical (unpaired) electrons. The zero-order valence-corrected chi connectivity index (χ0v) is 19.9. The third-order valence-corrected chi connectivity index (χ3v) is 6.80. The van der Waals surface area contributed by atoms with Gasteiger partial charge in [-0.25, -0.2) is 4.39 Å². The summed E-state index contributed by atoms with van der Waals surface area (Å²) in [6, 6.07) is 16.1. The first-order valence-electron chi connectivity index (χ1n) is 10.7. The van der Waals surface area contributed by atoms with Crippen molar-refractivity contribution >= 4 is 27.5 Å². The number of nitrogens with one attached hydrogen (secondary N) is 1. The Labute approximate surface area is 196 Å². The molecule has 1 N–H and O–H groups in total. The smallest absolute Gasteiger partial charge is 0.261 e. The number of benzene rings is 2. The molecule has 0 fully saturated rings. The lowest BCUT2D eigenvalue weighted by atomic mass is 10.0. The highest BCUT2D eigenvalue weighted by atomic mass is 32.1. The fourth-order valence-corrected chi connectivity index (χ4v) is 4.96. The first-order chi connectivity index (χ1) is 15.9. The summed E-state index contributed by atoms with van der Waals surface area (Å²) >= 11 is 1.41. The molecule has 0 aliphatic heterocycles. The fourth-order valence-electron chi connectivity index (χ4n) is 3.88. The number of halogens is 1. The lowest BCUT2D eigenvalue weighted by molar-refractivity contribution is 0.0945. The Morgan fingerprint density at radius 3 is 2.64 bits per heavy atom. The normalized spacial score (nSPS) is 12.3. The lowest BCUT2D eigenvalue weighted by Crippen LogP contribution is -2.34. The predicted molar refractivity (Wildman–Crippen MR) is 130 cm³/mol. The number of hydrogen-bond acceptors (Lipinski definition) is 5. The number of methoxy groups -OCH3 is 1. The van der Waals surface area contributed by atoms with Gasteiger partial charge in [0.1, 0.15) is 16.4 Å². The molecule has 0 aliphatic rings. The van der Waals surface area contributed by atoms with E-state index in [2.05, 4.69) is 15.3 Å². The molecule has 0 aliphatic carbocycles. The molecule has 1 unspecified atom stereocenters. The molecule has 0 bridgehead atoms. The lowest BCUT2D eigenvalue weighted by Gasteiger charge is -2.26. The summed E-state index contributed by atoms with van der Waals surface area (Å²) < 4.78 is 20.6. The molecule has 0 spiro atoms. The SMILES string of the molecule is COc1ccccc1C(CNC(=O)c1cc2c(C)nn(Cc3ccc(F)cc3)c2s1)N(C)C. The number of aromatic nitrogens is 2. The van der Waals surface area contributed by atoms with Gasteiger partial charge >= 0.3 is 0 Å². The molecule has 2 heterocycles. The number of para-hydroxylation sites is 1. The zero-order valence-electron chi connectivity index (χ0n) is 19.1. The number of fused-ring (bicyclic) bond motifs is 1. The van der Waals surface area contributed by atoms with Crippen LogP contribution in [0.3, 0.4) is 0 Å². The molecule has 4 rings (SSSR count). The number of rotatable bonds is 8. The van der Waals surface area contributed by atoms with E-state index >= 15 is 0 Å². The van der Waals surface area contributed by atoms with E-state index in [1.807, 2.05) is 56.0 Å². The van der Waals surface area contributed by atoms with Crippen molar-refractivity contribution in [1.29, 1.82) is 0 Å². The maximum Gasteiger partial charge on any atom is 0.261 e. The van der Waals surface area contributed by atoms with Crippen molar-refractivity contribution in [3.8, 4) is 5.75 Å². The van der Waals surface area contributed by atoms with Crippen LogP contribution in [-0.2, 0) is 6.54 Å². The molecule has 1 atom stereocenters. The molecule has 2 aromatic heterocycles. The molecule has 4 aromatic rings. The number of thiophene rings is 1. The summed E-state index contributed by atoms with van der Waals surface area (Å²) in [6.45, 7) is 2.89. The molecule has 172 valence electrons. The second kappa shape index (κ2) is 9.72. The molecule has 1 amide bonds. The fraction of sp³-hybridized carbons (Fsp3) is 0.280. The minimum atomic E-state index is -0.264. The number of hydrogen-bond donors (Lipinski definition) is 1. The number of amides is 1. The van der Waals surface area contributed by atoms with Crippen LogP contribution in [0.15, 0.2) is 54.6 Å². The molecule has 8 heteroatoms. The van der Waals surface area contributed by atoms with Crippen molar-refractivity contribution in [2.45, 2.75) is 19.5 Å². The van der Waals surface area contributed by atoms with E-state index in [1.165, 1.54) is 23.5 Å². The van der Waals surface area contributed by atoms with Crippen LogP contribution >= 0.6 is 11.3 Å². The van der Waals surface area contributed by atoms with Gasteiger partial charge in [-0.05, 0) is 50.8 Å².